The molecule has 0 saturated heterocycles. The highest BCUT2D eigenvalue weighted by atomic mass is 16.3. The number of phenols is 3. The highest BCUT2D eigenvalue weighted by molar-refractivity contribution is 5.79. The lowest BCUT2D eigenvalue weighted by Gasteiger charge is -2.16. The molecule has 3 nitrogen and oxygen atoms in total. The van der Waals surface area contributed by atoms with E-state index in [2.05, 4.69) is 0 Å². The molecule has 0 aliphatic carbocycles. The zero-order valence-electron chi connectivity index (χ0n) is 10.4. The lowest BCUT2D eigenvalue weighted by atomic mass is 9.94. The van der Waals surface area contributed by atoms with Crippen LogP contribution in [0.1, 0.15) is 25.3 Å². The molecule has 0 saturated carbocycles. The Labute approximate surface area is 106 Å². The molecule has 0 spiro atoms. The fraction of sp³-hybridized carbons (Fsp3) is 0.200. The van der Waals surface area contributed by atoms with Gasteiger partial charge in [-0.25, -0.2) is 0 Å². The lowest BCUT2D eigenvalue weighted by molar-refractivity contribution is 0.418. The highest BCUT2D eigenvalue weighted by Gasteiger charge is 2.20. The van der Waals surface area contributed by atoms with E-state index >= 15 is 0 Å². The van der Waals surface area contributed by atoms with Gasteiger partial charge in [0.25, 0.3) is 0 Å². The van der Waals surface area contributed by atoms with Crippen LogP contribution in [-0.2, 0) is 0 Å². The molecule has 18 heavy (non-hydrogen) atoms. The van der Waals surface area contributed by atoms with Gasteiger partial charge >= 0.3 is 0 Å². The molecule has 0 bridgehead atoms. The second-order valence-electron chi connectivity index (χ2n) is 4.57. The molecular formula is C15H16O3. The molecule has 0 unspecified atom stereocenters. The fourth-order valence-electron chi connectivity index (χ4n) is 2.12. The van der Waals surface area contributed by atoms with Crippen molar-refractivity contribution in [3.8, 4) is 28.4 Å². The smallest absolute Gasteiger partial charge is 0.134 e. The maximum Gasteiger partial charge on any atom is 0.134 e. The summed E-state index contributed by atoms with van der Waals surface area (Å²) in [6.45, 7) is 3.75. The third-order valence-electron chi connectivity index (χ3n) is 2.94. The Kier molecular flexibility index (Phi) is 3.15. The Balaban J connectivity index is 2.72. The molecule has 0 radical (unpaired) electrons. The summed E-state index contributed by atoms with van der Waals surface area (Å²) >= 11 is 0. The summed E-state index contributed by atoms with van der Waals surface area (Å²) in [5.74, 6) is -0.304. The Morgan fingerprint density at radius 1 is 0.889 bits per heavy atom. The molecule has 0 fully saturated rings. The van der Waals surface area contributed by atoms with E-state index in [1.807, 2.05) is 32.0 Å². The van der Waals surface area contributed by atoms with E-state index in [1.165, 1.54) is 6.07 Å². The summed E-state index contributed by atoms with van der Waals surface area (Å²) < 4.78 is 0. The van der Waals surface area contributed by atoms with Crippen LogP contribution in [0.4, 0.5) is 0 Å². The van der Waals surface area contributed by atoms with Crippen LogP contribution in [0.25, 0.3) is 11.1 Å². The molecule has 0 aliphatic heterocycles. The lowest BCUT2D eigenvalue weighted by Crippen LogP contribution is -1.92. The summed E-state index contributed by atoms with van der Waals surface area (Å²) in [6, 6.07) is 10.4. The minimum atomic E-state index is -0.124. The molecule has 2 aromatic rings. The monoisotopic (exact) mass is 244 g/mol. The van der Waals surface area contributed by atoms with E-state index in [0.717, 1.165) is 5.56 Å². The Hall–Kier alpha value is -2.16. The predicted molar refractivity (Wildman–Crippen MR) is 71.0 cm³/mol. The van der Waals surface area contributed by atoms with Gasteiger partial charge in [-0.05, 0) is 11.5 Å². The van der Waals surface area contributed by atoms with Gasteiger partial charge in [0.05, 0.1) is 5.56 Å². The van der Waals surface area contributed by atoms with E-state index in [0.29, 0.717) is 11.1 Å². The van der Waals surface area contributed by atoms with Crippen molar-refractivity contribution >= 4 is 0 Å². The van der Waals surface area contributed by atoms with Crippen LogP contribution < -0.4 is 0 Å². The second-order valence-corrected chi connectivity index (χ2v) is 4.57. The zero-order valence-corrected chi connectivity index (χ0v) is 10.4. The number of phenolic OH excluding ortho intramolecular Hbond substituents is 3. The first-order valence-electron chi connectivity index (χ1n) is 5.85. The van der Waals surface area contributed by atoms with Crippen molar-refractivity contribution in [3.05, 3.63) is 42.0 Å². The van der Waals surface area contributed by atoms with Gasteiger partial charge in [-0.1, -0.05) is 44.2 Å². The summed E-state index contributed by atoms with van der Waals surface area (Å²) in [6.07, 6.45) is 0. The van der Waals surface area contributed by atoms with Gasteiger partial charge in [0, 0.05) is 11.6 Å². The van der Waals surface area contributed by atoms with Crippen molar-refractivity contribution in [2.75, 3.05) is 0 Å². The average molecular weight is 244 g/mol. The van der Waals surface area contributed by atoms with Gasteiger partial charge < -0.3 is 15.3 Å². The maximum absolute atomic E-state index is 10.3. The van der Waals surface area contributed by atoms with Crippen LogP contribution in [0.5, 0.6) is 17.2 Å². The molecule has 0 heterocycles. The number of aromatic hydroxyl groups is 3. The minimum Gasteiger partial charge on any atom is -0.507 e. The van der Waals surface area contributed by atoms with E-state index in [-0.39, 0.29) is 23.2 Å². The predicted octanol–water partition coefficient (Wildman–Crippen LogP) is 3.59. The molecule has 3 N–H and O–H groups in total. The summed E-state index contributed by atoms with van der Waals surface area (Å²) in [5, 5.41) is 30.0. The van der Waals surface area contributed by atoms with Gasteiger partial charge in [-0.15, -0.1) is 0 Å². The SMILES string of the molecule is CC(C)c1c(O)cc(O)c(-c2ccccc2)c1O. The molecule has 0 amide bonds. The molecule has 2 aromatic carbocycles. The van der Waals surface area contributed by atoms with Crippen molar-refractivity contribution in [1.82, 2.24) is 0 Å². The van der Waals surface area contributed by atoms with E-state index in [1.54, 1.807) is 12.1 Å². The van der Waals surface area contributed by atoms with E-state index in [4.69, 9.17) is 0 Å². The van der Waals surface area contributed by atoms with Gasteiger partial charge in [-0.3, -0.25) is 0 Å². The molecule has 2 rings (SSSR count). The Morgan fingerprint density at radius 3 is 2.06 bits per heavy atom. The van der Waals surface area contributed by atoms with Gasteiger partial charge in [0.2, 0.25) is 0 Å². The maximum atomic E-state index is 10.3. The van der Waals surface area contributed by atoms with Gasteiger partial charge in [0.1, 0.15) is 17.2 Å². The van der Waals surface area contributed by atoms with Crippen LogP contribution in [0.3, 0.4) is 0 Å². The molecule has 3 heteroatoms. The first kappa shape index (κ1) is 12.3. The van der Waals surface area contributed by atoms with Crippen molar-refractivity contribution in [3.63, 3.8) is 0 Å². The molecule has 0 aliphatic rings. The fourth-order valence-corrected chi connectivity index (χ4v) is 2.12. The number of hydrogen-bond donors (Lipinski definition) is 3. The van der Waals surface area contributed by atoms with Crippen molar-refractivity contribution in [2.45, 2.75) is 19.8 Å². The highest BCUT2D eigenvalue weighted by Crippen LogP contribution is 2.46. The van der Waals surface area contributed by atoms with E-state index < -0.39 is 0 Å². The Morgan fingerprint density at radius 2 is 1.50 bits per heavy atom. The van der Waals surface area contributed by atoms with Gasteiger partial charge in [-0.2, -0.15) is 0 Å². The Bertz CT molecular complexity index is 560. The third-order valence-corrected chi connectivity index (χ3v) is 2.94. The second kappa shape index (κ2) is 4.61. The largest absolute Gasteiger partial charge is 0.507 e. The minimum absolute atomic E-state index is 0.0342. The van der Waals surface area contributed by atoms with Crippen LogP contribution in [0.2, 0.25) is 0 Å². The summed E-state index contributed by atoms with van der Waals surface area (Å²) in [7, 11) is 0. The molecule has 0 aromatic heterocycles. The average Bonchev–Trinajstić information content (AvgIpc) is 2.28. The topological polar surface area (TPSA) is 60.7 Å². The zero-order chi connectivity index (χ0) is 13.3. The van der Waals surface area contributed by atoms with E-state index in [9.17, 15) is 15.3 Å². The quantitative estimate of drug-likeness (QED) is 0.756. The number of benzene rings is 2. The van der Waals surface area contributed by atoms with Crippen LogP contribution in [0.15, 0.2) is 36.4 Å². The number of hydrogen-bond acceptors (Lipinski definition) is 3. The van der Waals surface area contributed by atoms with Crippen molar-refractivity contribution < 1.29 is 15.3 Å². The third kappa shape index (κ3) is 1.99. The normalized spacial score (nSPS) is 10.8. The van der Waals surface area contributed by atoms with Crippen molar-refractivity contribution in [2.24, 2.45) is 0 Å². The van der Waals surface area contributed by atoms with Crippen LogP contribution >= 0.6 is 0 Å². The number of rotatable bonds is 2. The van der Waals surface area contributed by atoms with Crippen molar-refractivity contribution in [1.29, 1.82) is 0 Å². The van der Waals surface area contributed by atoms with Crippen LogP contribution in [0, 0.1) is 0 Å². The molecule has 0 atom stereocenters. The van der Waals surface area contributed by atoms with Gasteiger partial charge in [0.15, 0.2) is 0 Å². The first-order valence-corrected chi connectivity index (χ1v) is 5.85. The first-order chi connectivity index (χ1) is 8.52. The molecular weight excluding hydrogens is 228 g/mol. The summed E-state index contributed by atoms with van der Waals surface area (Å²) in [5.41, 5.74) is 1.53. The standard InChI is InChI=1S/C15H16O3/c1-9(2)13-11(16)8-12(17)14(15(13)18)10-6-4-3-5-7-10/h3-9,16-18H,1-2H3. The van der Waals surface area contributed by atoms with Crippen LogP contribution in [-0.4, -0.2) is 15.3 Å². The molecule has 94 valence electrons. The summed E-state index contributed by atoms with van der Waals surface area (Å²) in [4.78, 5) is 0.